The van der Waals surface area contributed by atoms with Gasteiger partial charge in [-0.2, -0.15) is 0 Å². The fraction of sp³-hybridized carbons (Fsp3) is 0. The average molecular weight is 652 g/mol. The van der Waals surface area contributed by atoms with Crippen molar-refractivity contribution in [1.82, 2.24) is 15.0 Å². The molecule has 10 rings (SSSR count). The van der Waals surface area contributed by atoms with E-state index in [2.05, 4.69) is 103 Å². The summed E-state index contributed by atoms with van der Waals surface area (Å²) in [6, 6.07) is 61.1. The van der Waals surface area contributed by atoms with Crippen molar-refractivity contribution in [2.24, 2.45) is 0 Å². The average Bonchev–Trinajstić information content (AvgIpc) is 3.60. The van der Waals surface area contributed by atoms with E-state index in [1.54, 1.807) is 0 Å². The maximum Gasteiger partial charge on any atom is 0.164 e. The number of rotatable bonds is 5. The minimum absolute atomic E-state index is 0.602. The number of benzene rings is 8. The molecule has 0 N–H and O–H groups in total. The Morgan fingerprint density at radius 3 is 1.55 bits per heavy atom. The lowest BCUT2D eigenvalue weighted by Crippen LogP contribution is -2.00. The van der Waals surface area contributed by atoms with Crippen molar-refractivity contribution < 1.29 is 4.42 Å². The minimum Gasteiger partial charge on any atom is -0.455 e. The van der Waals surface area contributed by atoms with Gasteiger partial charge < -0.3 is 4.42 Å². The SMILES string of the molecule is c1ccc(-c2ccc3cc(-c4cc5c(oc6cccc(-c7nc(-c8ccccc8)nc(-c8ccccc8)n7)c65)c5ccccc45)ccc3c2)cc1. The molecule has 238 valence electrons. The third-order valence-corrected chi connectivity index (χ3v) is 9.70. The third-order valence-electron chi connectivity index (χ3n) is 9.70. The molecule has 0 radical (unpaired) electrons. The minimum atomic E-state index is 0.602. The van der Waals surface area contributed by atoms with Crippen LogP contribution in [0, 0.1) is 0 Å². The van der Waals surface area contributed by atoms with E-state index in [0.29, 0.717) is 17.5 Å². The molecule has 0 unspecified atom stereocenters. The number of furan rings is 1. The maximum atomic E-state index is 6.70. The monoisotopic (exact) mass is 651 g/mol. The van der Waals surface area contributed by atoms with Gasteiger partial charge >= 0.3 is 0 Å². The molecule has 0 atom stereocenters. The van der Waals surface area contributed by atoms with Crippen LogP contribution in [0.1, 0.15) is 0 Å². The van der Waals surface area contributed by atoms with Crippen molar-refractivity contribution in [1.29, 1.82) is 0 Å². The van der Waals surface area contributed by atoms with Crippen LogP contribution in [0.2, 0.25) is 0 Å². The molecular formula is C47H29N3O. The Hall–Kier alpha value is -6.91. The second-order valence-corrected chi connectivity index (χ2v) is 12.8. The molecule has 0 fully saturated rings. The van der Waals surface area contributed by atoms with Crippen LogP contribution in [0.25, 0.3) is 99.9 Å². The van der Waals surface area contributed by atoms with Gasteiger partial charge in [-0.05, 0) is 62.7 Å². The van der Waals surface area contributed by atoms with E-state index >= 15 is 0 Å². The van der Waals surface area contributed by atoms with Crippen LogP contribution in [0.4, 0.5) is 0 Å². The predicted octanol–water partition coefficient (Wildman–Crippen LogP) is 12.4. The van der Waals surface area contributed by atoms with Crippen molar-refractivity contribution in [3.63, 3.8) is 0 Å². The van der Waals surface area contributed by atoms with Crippen molar-refractivity contribution in [2.75, 3.05) is 0 Å². The summed E-state index contributed by atoms with van der Waals surface area (Å²) in [5, 5.41) is 6.62. The number of aromatic nitrogens is 3. The van der Waals surface area contributed by atoms with E-state index in [1.165, 1.54) is 21.9 Å². The zero-order valence-electron chi connectivity index (χ0n) is 27.5. The number of hydrogen-bond donors (Lipinski definition) is 0. The Balaban J connectivity index is 1.19. The van der Waals surface area contributed by atoms with Crippen molar-refractivity contribution >= 4 is 43.5 Å². The molecule has 0 saturated heterocycles. The Labute approximate surface area is 294 Å². The lowest BCUT2D eigenvalue weighted by atomic mass is 9.92. The predicted molar refractivity (Wildman–Crippen MR) is 209 cm³/mol. The van der Waals surface area contributed by atoms with Gasteiger partial charge in [-0.25, -0.2) is 15.0 Å². The Morgan fingerprint density at radius 2 is 0.882 bits per heavy atom. The molecule has 0 spiro atoms. The summed E-state index contributed by atoms with van der Waals surface area (Å²) in [7, 11) is 0. The first-order valence-corrected chi connectivity index (χ1v) is 17.1. The van der Waals surface area contributed by atoms with Crippen LogP contribution in [0.15, 0.2) is 180 Å². The summed E-state index contributed by atoms with van der Waals surface area (Å²) < 4.78 is 6.70. The van der Waals surface area contributed by atoms with Gasteiger partial charge in [0, 0.05) is 32.8 Å². The maximum absolute atomic E-state index is 6.70. The van der Waals surface area contributed by atoms with Crippen molar-refractivity contribution in [2.45, 2.75) is 0 Å². The highest BCUT2D eigenvalue weighted by Crippen LogP contribution is 2.43. The van der Waals surface area contributed by atoms with Gasteiger partial charge in [-0.3, -0.25) is 0 Å². The van der Waals surface area contributed by atoms with Crippen LogP contribution < -0.4 is 0 Å². The second-order valence-electron chi connectivity index (χ2n) is 12.8. The van der Waals surface area contributed by atoms with E-state index in [0.717, 1.165) is 60.5 Å². The summed E-state index contributed by atoms with van der Waals surface area (Å²) in [5.74, 6) is 1.86. The highest BCUT2D eigenvalue weighted by atomic mass is 16.3. The van der Waals surface area contributed by atoms with E-state index in [-0.39, 0.29) is 0 Å². The molecule has 4 nitrogen and oxygen atoms in total. The summed E-state index contributed by atoms with van der Waals surface area (Å²) in [5.41, 5.74) is 9.14. The molecule has 2 heterocycles. The van der Waals surface area contributed by atoms with Crippen LogP contribution in [0.3, 0.4) is 0 Å². The first-order chi connectivity index (χ1) is 25.3. The van der Waals surface area contributed by atoms with Gasteiger partial charge in [0.2, 0.25) is 0 Å². The number of fused-ring (bicyclic) bond motifs is 6. The van der Waals surface area contributed by atoms with Gasteiger partial charge in [0.05, 0.1) is 0 Å². The molecule has 51 heavy (non-hydrogen) atoms. The molecule has 0 aliphatic heterocycles. The normalized spacial score (nSPS) is 11.5. The highest BCUT2D eigenvalue weighted by Gasteiger charge is 2.20. The summed E-state index contributed by atoms with van der Waals surface area (Å²) in [4.78, 5) is 15.1. The van der Waals surface area contributed by atoms with E-state index < -0.39 is 0 Å². The van der Waals surface area contributed by atoms with Gasteiger partial charge in [0.1, 0.15) is 11.2 Å². The standard InChI is InChI=1S/C47H29N3O/c1-4-13-30(14-5-1)33-23-24-35-28-36(26-25-34(35)27-33)40-29-41-43-39(21-12-22-42(43)51-44(41)38-20-11-10-19-37(38)40)47-49-45(31-15-6-2-7-16-31)48-46(50-47)32-17-8-3-9-18-32/h1-29H. The van der Waals surface area contributed by atoms with E-state index in [1.807, 2.05) is 72.8 Å². The quantitative estimate of drug-likeness (QED) is 0.186. The zero-order chi connectivity index (χ0) is 33.7. The van der Waals surface area contributed by atoms with E-state index in [4.69, 9.17) is 19.4 Å². The zero-order valence-corrected chi connectivity index (χ0v) is 27.5. The summed E-state index contributed by atoms with van der Waals surface area (Å²) in [6.45, 7) is 0. The van der Waals surface area contributed by atoms with Gasteiger partial charge in [0.25, 0.3) is 0 Å². The Kier molecular flexibility index (Phi) is 6.78. The van der Waals surface area contributed by atoms with E-state index in [9.17, 15) is 0 Å². The third kappa shape index (κ3) is 5.04. The van der Waals surface area contributed by atoms with Crippen LogP contribution in [0.5, 0.6) is 0 Å². The molecule has 0 bridgehead atoms. The number of nitrogens with zero attached hydrogens (tertiary/aromatic N) is 3. The van der Waals surface area contributed by atoms with Crippen molar-refractivity contribution in [3.8, 4) is 56.4 Å². The van der Waals surface area contributed by atoms with Crippen LogP contribution >= 0.6 is 0 Å². The molecule has 4 heteroatoms. The first-order valence-electron chi connectivity index (χ1n) is 17.1. The van der Waals surface area contributed by atoms with Crippen LogP contribution in [-0.4, -0.2) is 15.0 Å². The summed E-state index contributed by atoms with van der Waals surface area (Å²) in [6.07, 6.45) is 0. The molecule has 0 saturated carbocycles. The highest BCUT2D eigenvalue weighted by molar-refractivity contribution is 6.22. The molecule has 0 amide bonds. The Bertz CT molecular complexity index is 2840. The van der Waals surface area contributed by atoms with Gasteiger partial charge in [0.15, 0.2) is 17.5 Å². The first kappa shape index (κ1) is 29.0. The summed E-state index contributed by atoms with van der Waals surface area (Å²) >= 11 is 0. The molecular weight excluding hydrogens is 623 g/mol. The van der Waals surface area contributed by atoms with Gasteiger partial charge in [-0.1, -0.05) is 152 Å². The molecule has 8 aromatic carbocycles. The lowest BCUT2D eigenvalue weighted by molar-refractivity contribution is 0.673. The smallest absolute Gasteiger partial charge is 0.164 e. The molecule has 10 aromatic rings. The lowest BCUT2D eigenvalue weighted by Gasteiger charge is -2.11. The fourth-order valence-corrected chi connectivity index (χ4v) is 7.23. The Morgan fingerprint density at radius 1 is 0.333 bits per heavy atom. The van der Waals surface area contributed by atoms with Crippen LogP contribution in [-0.2, 0) is 0 Å². The van der Waals surface area contributed by atoms with Crippen molar-refractivity contribution in [3.05, 3.63) is 176 Å². The van der Waals surface area contributed by atoms with Gasteiger partial charge in [-0.15, -0.1) is 0 Å². The second kappa shape index (κ2) is 11.9. The fourth-order valence-electron chi connectivity index (χ4n) is 7.23. The number of hydrogen-bond acceptors (Lipinski definition) is 4. The largest absolute Gasteiger partial charge is 0.455 e. The topological polar surface area (TPSA) is 51.8 Å². The molecule has 2 aromatic heterocycles. The molecule has 0 aliphatic rings. The molecule has 0 aliphatic carbocycles.